The van der Waals surface area contributed by atoms with Gasteiger partial charge in [-0.2, -0.15) is 0 Å². The Balaban J connectivity index is 1.52. The van der Waals surface area contributed by atoms with Crippen molar-refractivity contribution in [2.24, 2.45) is 0 Å². The van der Waals surface area contributed by atoms with Crippen molar-refractivity contribution in [2.75, 3.05) is 12.4 Å². The molecule has 0 bridgehead atoms. The van der Waals surface area contributed by atoms with E-state index in [4.69, 9.17) is 20.8 Å². The fraction of sp³-hybridized carbons (Fsp3) is 0.136. The lowest BCUT2D eigenvalue weighted by atomic mass is 10.1. The Morgan fingerprint density at radius 1 is 1.19 bits per heavy atom. The standard InChI is InChI=1S/C22H17ClO3S/c1-14(12-25-17-9-7-16(23)8-10-17)15-6-11-19-21(27-13-15)18-4-2-3-5-20(18)26-22(19)24/h2-10H,1,11-13H2. The van der Waals surface area contributed by atoms with Crippen molar-refractivity contribution in [1.29, 1.82) is 0 Å². The lowest BCUT2D eigenvalue weighted by molar-refractivity contribution is 0.354. The van der Waals surface area contributed by atoms with Crippen LogP contribution in [0.1, 0.15) is 5.56 Å². The summed E-state index contributed by atoms with van der Waals surface area (Å²) >= 11 is 7.55. The smallest absolute Gasteiger partial charge is 0.340 e. The van der Waals surface area contributed by atoms with Crippen molar-refractivity contribution in [3.63, 3.8) is 0 Å². The van der Waals surface area contributed by atoms with E-state index in [0.717, 1.165) is 32.9 Å². The van der Waals surface area contributed by atoms with Crippen LogP contribution in [0.5, 0.6) is 5.75 Å². The predicted octanol–water partition coefficient (Wildman–Crippen LogP) is 5.66. The third-order valence-electron chi connectivity index (χ3n) is 4.46. The summed E-state index contributed by atoms with van der Waals surface area (Å²) in [5, 5.41) is 1.66. The van der Waals surface area contributed by atoms with E-state index in [1.54, 1.807) is 23.9 Å². The SMILES string of the molecule is C=C(COc1ccc(Cl)cc1)C1=CCc2c(c3ccccc3oc2=O)SC1. The van der Waals surface area contributed by atoms with Crippen LogP contribution in [0.3, 0.4) is 0 Å². The normalized spacial score (nSPS) is 13.6. The quantitative estimate of drug-likeness (QED) is 0.534. The lowest BCUT2D eigenvalue weighted by Gasteiger charge is -2.11. The first kappa shape index (κ1) is 18.0. The van der Waals surface area contributed by atoms with Crippen LogP contribution in [0.4, 0.5) is 0 Å². The topological polar surface area (TPSA) is 39.4 Å². The van der Waals surface area contributed by atoms with Crippen LogP contribution in [0, 0.1) is 0 Å². The first-order valence-electron chi connectivity index (χ1n) is 8.55. The summed E-state index contributed by atoms with van der Waals surface area (Å²) in [5.74, 6) is 1.49. The molecule has 2 heterocycles. The minimum Gasteiger partial charge on any atom is -0.489 e. The lowest BCUT2D eigenvalue weighted by Crippen LogP contribution is -2.08. The van der Waals surface area contributed by atoms with Crippen molar-refractivity contribution in [3.8, 4) is 5.75 Å². The second-order valence-corrected chi connectivity index (χ2v) is 7.68. The Morgan fingerprint density at radius 3 is 2.78 bits per heavy atom. The van der Waals surface area contributed by atoms with Gasteiger partial charge in [0.1, 0.15) is 17.9 Å². The van der Waals surface area contributed by atoms with Crippen molar-refractivity contribution >= 4 is 34.3 Å². The molecule has 0 radical (unpaired) electrons. The summed E-state index contributed by atoms with van der Waals surface area (Å²) in [6, 6.07) is 14.9. The Kier molecular flexibility index (Phi) is 5.10. The maximum Gasteiger partial charge on any atom is 0.340 e. The average Bonchev–Trinajstić information content (AvgIpc) is 2.91. The van der Waals surface area contributed by atoms with Crippen LogP contribution in [-0.4, -0.2) is 12.4 Å². The molecule has 0 saturated carbocycles. The molecule has 3 nitrogen and oxygen atoms in total. The number of para-hydroxylation sites is 1. The molecule has 0 fully saturated rings. The van der Waals surface area contributed by atoms with Crippen LogP contribution in [0.2, 0.25) is 5.02 Å². The molecule has 0 unspecified atom stereocenters. The molecule has 1 aliphatic rings. The van der Waals surface area contributed by atoms with E-state index in [1.165, 1.54) is 0 Å². The zero-order valence-electron chi connectivity index (χ0n) is 14.5. The van der Waals surface area contributed by atoms with E-state index in [-0.39, 0.29) is 5.63 Å². The summed E-state index contributed by atoms with van der Waals surface area (Å²) < 4.78 is 11.3. The first-order chi connectivity index (χ1) is 13.1. The monoisotopic (exact) mass is 396 g/mol. The number of hydrogen-bond acceptors (Lipinski definition) is 4. The molecule has 0 amide bonds. The molecule has 0 spiro atoms. The van der Waals surface area contributed by atoms with Gasteiger partial charge in [0.2, 0.25) is 0 Å². The zero-order chi connectivity index (χ0) is 18.8. The summed E-state index contributed by atoms with van der Waals surface area (Å²) in [5.41, 5.74) is 3.06. The molecule has 2 aromatic carbocycles. The highest BCUT2D eigenvalue weighted by atomic mass is 35.5. The van der Waals surface area contributed by atoms with Crippen LogP contribution < -0.4 is 10.4 Å². The van der Waals surface area contributed by atoms with Gasteiger partial charge >= 0.3 is 5.63 Å². The number of thioether (sulfide) groups is 1. The molecule has 3 aromatic rings. The Bertz CT molecular complexity index is 1100. The fourth-order valence-electron chi connectivity index (χ4n) is 2.98. The minimum absolute atomic E-state index is 0.267. The second kappa shape index (κ2) is 7.67. The maximum atomic E-state index is 12.4. The van der Waals surface area contributed by atoms with Gasteiger partial charge in [0.15, 0.2) is 0 Å². The first-order valence-corrected chi connectivity index (χ1v) is 9.91. The Hall–Kier alpha value is -2.43. The van der Waals surface area contributed by atoms with Gasteiger partial charge in [-0.15, -0.1) is 11.8 Å². The summed E-state index contributed by atoms with van der Waals surface area (Å²) in [7, 11) is 0. The van der Waals surface area contributed by atoms with Crippen LogP contribution in [-0.2, 0) is 6.42 Å². The molecule has 27 heavy (non-hydrogen) atoms. The van der Waals surface area contributed by atoms with Crippen LogP contribution >= 0.6 is 23.4 Å². The third-order valence-corrected chi connectivity index (χ3v) is 5.92. The van der Waals surface area contributed by atoms with E-state index in [0.29, 0.717) is 29.2 Å². The van der Waals surface area contributed by atoms with Gasteiger partial charge < -0.3 is 9.15 Å². The van der Waals surface area contributed by atoms with Gasteiger partial charge in [-0.1, -0.05) is 42.5 Å². The van der Waals surface area contributed by atoms with E-state index in [2.05, 4.69) is 12.7 Å². The number of fused-ring (bicyclic) bond motifs is 3. The predicted molar refractivity (Wildman–Crippen MR) is 111 cm³/mol. The van der Waals surface area contributed by atoms with E-state index in [1.807, 2.05) is 36.4 Å². The van der Waals surface area contributed by atoms with Gasteiger partial charge in [-0.05, 0) is 47.9 Å². The molecule has 1 aromatic heterocycles. The molecule has 1 aliphatic heterocycles. The molecule has 0 aliphatic carbocycles. The van der Waals surface area contributed by atoms with Gasteiger partial charge in [0.25, 0.3) is 0 Å². The van der Waals surface area contributed by atoms with E-state index < -0.39 is 0 Å². The largest absolute Gasteiger partial charge is 0.489 e. The average molecular weight is 397 g/mol. The summed E-state index contributed by atoms with van der Waals surface area (Å²) in [6.45, 7) is 4.55. The van der Waals surface area contributed by atoms with Crippen LogP contribution in [0.25, 0.3) is 11.0 Å². The summed E-state index contributed by atoms with van der Waals surface area (Å²) in [4.78, 5) is 13.4. The number of hydrogen-bond donors (Lipinski definition) is 0. The number of halogens is 1. The highest BCUT2D eigenvalue weighted by Crippen LogP contribution is 2.35. The number of benzene rings is 2. The Morgan fingerprint density at radius 2 is 1.96 bits per heavy atom. The fourth-order valence-corrected chi connectivity index (χ4v) is 4.39. The van der Waals surface area contributed by atoms with Gasteiger partial charge in [-0.3, -0.25) is 0 Å². The van der Waals surface area contributed by atoms with Crippen LogP contribution in [0.15, 0.2) is 86.4 Å². The van der Waals surface area contributed by atoms with Crippen molar-refractivity contribution < 1.29 is 9.15 Å². The van der Waals surface area contributed by atoms with E-state index in [9.17, 15) is 4.79 Å². The number of ether oxygens (including phenoxy) is 1. The Labute approximate surface area is 166 Å². The highest BCUT2D eigenvalue weighted by molar-refractivity contribution is 7.99. The molecule has 0 atom stereocenters. The molecule has 4 rings (SSSR count). The third kappa shape index (κ3) is 3.82. The van der Waals surface area contributed by atoms with Crippen molar-refractivity contribution in [1.82, 2.24) is 0 Å². The molecule has 5 heteroatoms. The number of rotatable bonds is 4. The van der Waals surface area contributed by atoms with Gasteiger partial charge in [-0.25, -0.2) is 4.79 Å². The summed E-state index contributed by atoms with van der Waals surface area (Å²) in [6.07, 6.45) is 2.59. The van der Waals surface area contributed by atoms with Gasteiger partial charge in [0, 0.05) is 21.1 Å². The minimum atomic E-state index is -0.267. The zero-order valence-corrected chi connectivity index (χ0v) is 16.1. The second-order valence-electron chi connectivity index (χ2n) is 6.26. The van der Waals surface area contributed by atoms with Crippen molar-refractivity contribution in [3.05, 3.63) is 93.3 Å². The molecule has 0 saturated heterocycles. The molecular formula is C22H17ClO3S. The molecular weight excluding hydrogens is 380 g/mol. The van der Waals surface area contributed by atoms with Gasteiger partial charge in [0.05, 0.1) is 5.56 Å². The number of allylic oxidation sites excluding steroid dienone is 1. The van der Waals surface area contributed by atoms with E-state index >= 15 is 0 Å². The van der Waals surface area contributed by atoms with Crippen molar-refractivity contribution in [2.45, 2.75) is 11.3 Å². The molecule has 0 N–H and O–H groups in total. The maximum absolute atomic E-state index is 12.4. The highest BCUT2D eigenvalue weighted by Gasteiger charge is 2.18. The molecule has 136 valence electrons.